The maximum absolute atomic E-state index is 10.9. The van der Waals surface area contributed by atoms with E-state index in [2.05, 4.69) is 25.6 Å². The van der Waals surface area contributed by atoms with E-state index in [1.165, 1.54) is 56.6 Å². The number of unbranched alkanes of at least 4 members (excludes halogenated alkanes) is 6. The normalized spacial score (nSPS) is 10.4. The number of benzene rings is 1. The molecule has 0 unspecified atom stereocenters. The van der Waals surface area contributed by atoms with Gasteiger partial charge >= 0.3 is 5.97 Å². The minimum Gasteiger partial charge on any atom is -0.493 e. The number of aryl methyl sites for hydroxylation is 1. The van der Waals surface area contributed by atoms with Crippen molar-refractivity contribution in [3.63, 3.8) is 0 Å². The van der Waals surface area contributed by atoms with Crippen molar-refractivity contribution >= 4 is 5.97 Å². The molecule has 0 aliphatic carbocycles. The van der Waals surface area contributed by atoms with E-state index in [1.54, 1.807) is 0 Å². The average molecular weight is 332 g/mol. The Labute approximate surface area is 147 Å². The van der Waals surface area contributed by atoms with Crippen molar-refractivity contribution in [1.82, 2.24) is 0 Å². The summed E-state index contributed by atoms with van der Waals surface area (Å²) in [5.41, 5.74) is 1.37. The van der Waals surface area contributed by atoms with Gasteiger partial charge in [-0.2, -0.15) is 0 Å². The molecule has 1 aromatic carbocycles. The Morgan fingerprint density at radius 2 is 1.62 bits per heavy atom. The predicted molar refractivity (Wildman–Crippen MR) is 99.4 cm³/mol. The van der Waals surface area contributed by atoms with Crippen molar-refractivity contribution in [2.75, 3.05) is 13.2 Å². The van der Waals surface area contributed by atoms with Crippen LogP contribution in [-0.4, -0.2) is 19.2 Å². The van der Waals surface area contributed by atoms with Crippen LogP contribution >= 0.6 is 0 Å². The largest absolute Gasteiger partial charge is 0.493 e. The second kappa shape index (κ2) is 13.6. The van der Waals surface area contributed by atoms with Gasteiger partial charge in [-0.3, -0.25) is 0 Å². The summed E-state index contributed by atoms with van der Waals surface area (Å²) < 4.78 is 10.5. The number of hydrogen-bond acceptors (Lipinski definition) is 3. The van der Waals surface area contributed by atoms with Crippen molar-refractivity contribution in [1.29, 1.82) is 0 Å². The van der Waals surface area contributed by atoms with Gasteiger partial charge in [0.2, 0.25) is 0 Å². The quantitative estimate of drug-likeness (QED) is 0.257. The van der Waals surface area contributed by atoms with Gasteiger partial charge in [-0.15, -0.1) is 0 Å². The van der Waals surface area contributed by atoms with Crippen LogP contribution in [0, 0.1) is 0 Å². The zero-order chi connectivity index (χ0) is 17.5. The molecule has 0 heterocycles. The topological polar surface area (TPSA) is 35.5 Å². The van der Waals surface area contributed by atoms with Crippen LogP contribution in [0.2, 0.25) is 0 Å². The van der Waals surface area contributed by atoms with Crippen LogP contribution in [0.1, 0.15) is 63.9 Å². The Bertz CT molecular complexity index is 451. The lowest BCUT2D eigenvalue weighted by molar-refractivity contribution is -0.137. The van der Waals surface area contributed by atoms with E-state index in [0.717, 1.165) is 12.2 Å². The maximum Gasteiger partial charge on any atom is 0.330 e. The van der Waals surface area contributed by atoms with Gasteiger partial charge in [0.15, 0.2) is 0 Å². The van der Waals surface area contributed by atoms with Gasteiger partial charge < -0.3 is 9.47 Å². The highest BCUT2D eigenvalue weighted by atomic mass is 16.5. The van der Waals surface area contributed by atoms with Gasteiger partial charge in [0.1, 0.15) is 5.75 Å². The molecule has 0 N–H and O–H groups in total. The molecule has 0 aliphatic rings. The van der Waals surface area contributed by atoms with Crippen LogP contribution in [-0.2, 0) is 16.0 Å². The molecule has 0 aliphatic heterocycles. The second-order valence-electron chi connectivity index (χ2n) is 6.09. The standard InChI is InChI=1S/C21H32O3/c1-3-5-6-7-8-9-10-12-19-13-15-20(16-14-19)23-17-11-18-24-21(22)4-2/h4,13-16H,2-3,5-12,17-18H2,1H3. The second-order valence-corrected chi connectivity index (χ2v) is 6.09. The van der Waals surface area contributed by atoms with E-state index in [-0.39, 0.29) is 5.97 Å². The minimum atomic E-state index is -0.385. The van der Waals surface area contributed by atoms with E-state index in [1.807, 2.05) is 12.1 Å². The molecule has 0 amide bonds. The summed E-state index contributed by atoms with van der Waals surface area (Å²) in [6, 6.07) is 8.33. The van der Waals surface area contributed by atoms with Crippen LogP contribution in [0.5, 0.6) is 5.75 Å². The van der Waals surface area contributed by atoms with Crippen LogP contribution in [0.3, 0.4) is 0 Å². The van der Waals surface area contributed by atoms with Crippen LogP contribution in [0.25, 0.3) is 0 Å². The van der Waals surface area contributed by atoms with Crippen LogP contribution in [0.15, 0.2) is 36.9 Å². The zero-order valence-corrected chi connectivity index (χ0v) is 15.1. The average Bonchev–Trinajstić information content (AvgIpc) is 2.61. The Morgan fingerprint density at radius 3 is 2.29 bits per heavy atom. The molecule has 3 heteroatoms. The summed E-state index contributed by atoms with van der Waals surface area (Å²) in [7, 11) is 0. The molecule has 0 aromatic heterocycles. The van der Waals surface area contributed by atoms with Crippen LogP contribution < -0.4 is 4.74 Å². The Hall–Kier alpha value is -1.77. The van der Waals surface area contributed by atoms with E-state index >= 15 is 0 Å². The van der Waals surface area contributed by atoms with Crippen molar-refractivity contribution in [2.45, 2.75) is 64.7 Å². The molecule has 0 atom stereocenters. The third kappa shape index (κ3) is 10.1. The molecule has 0 bridgehead atoms. The summed E-state index contributed by atoms with van der Waals surface area (Å²) in [4.78, 5) is 10.9. The monoisotopic (exact) mass is 332 g/mol. The molecule has 0 radical (unpaired) electrons. The number of carbonyl (C=O) groups is 1. The lowest BCUT2D eigenvalue weighted by Crippen LogP contribution is -2.06. The first-order valence-corrected chi connectivity index (χ1v) is 9.27. The lowest BCUT2D eigenvalue weighted by atomic mass is 10.0. The van der Waals surface area contributed by atoms with E-state index in [9.17, 15) is 4.79 Å². The van der Waals surface area contributed by atoms with Crippen molar-refractivity contribution in [2.24, 2.45) is 0 Å². The third-order valence-corrected chi connectivity index (χ3v) is 3.96. The van der Waals surface area contributed by atoms with Gasteiger partial charge in [-0.05, 0) is 30.5 Å². The fourth-order valence-corrected chi connectivity index (χ4v) is 2.52. The third-order valence-electron chi connectivity index (χ3n) is 3.96. The Balaban J connectivity index is 2.08. The molecule has 24 heavy (non-hydrogen) atoms. The minimum absolute atomic E-state index is 0.362. The number of hydrogen-bond donors (Lipinski definition) is 0. The number of esters is 1. The highest BCUT2D eigenvalue weighted by Gasteiger charge is 1.99. The van der Waals surface area contributed by atoms with Crippen molar-refractivity contribution in [3.05, 3.63) is 42.5 Å². The molecule has 1 aromatic rings. The van der Waals surface area contributed by atoms with Gasteiger partial charge in [0, 0.05) is 12.5 Å². The van der Waals surface area contributed by atoms with Crippen molar-refractivity contribution < 1.29 is 14.3 Å². The lowest BCUT2D eigenvalue weighted by Gasteiger charge is -2.07. The van der Waals surface area contributed by atoms with E-state index in [4.69, 9.17) is 9.47 Å². The maximum atomic E-state index is 10.9. The van der Waals surface area contributed by atoms with E-state index < -0.39 is 0 Å². The van der Waals surface area contributed by atoms with Crippen molar-refractivity contribution in [3.8, 4) is 5.75 Å². The molecule has 0 saturated carbocycles. The summed E-state index contributed by atoms with van der Waals surface area (Å²) >= 11 is 0. The molecule has 3 nitrogen and oxygen atoms in total. The molecule has 0 spiro atoms. The summed E-state index contributed by atoms with van der Waals surface area (Å²) in [6.07, 6.45) is 12.4. The highest BCUT2D eigenvalue weighted by Crippen LogP contribution is 2.15. The summed E-state index contributed by atoms with van der Waals surface area (Å²) in [6.45, 7) is 6.51. The first-order chi connectivity index (χ1) is 11.8. The fraction of sp³-hybridized carbons (Fsp3) is 0.571. The fourth-order valence-electron chi connectivity index (χ4n) is 2.52. The first kappa shape index (κ1) is 20.3. The highest BCUT2D eigenvalue weighted by molar-refractivity contribution is 5.81. The number of rotatable bonds is 14. The molecular formula is C21H32O3. The predicted octanol–water partition coefficient (Wildman–Crippen LogP) is 5.48. The molecular weight excluding hydrogens is 300 g/mol. The zero-order valence-electron chi connectivity index (χ0n) is 15.1. The molecule has 134 valence electrons. The summed E-state index contributed by atoms with van der Waals surface area (Å²) in [5.74, 6) is 0.484. The first-order valence-electron chi connectivity index (χ1n) is 9.27. The summed E-state index contributed by atoms with van der Waals surface area (Å²) in [5, 5.41) is 0. The molecule has 0 saturated heterocycles. The molecule has 0 fully saturated rings. The SMILES string of the molecule is C=CC(=O)OCCCOc1ccc(CCCCCCCCC)cc1. The van der Waals surface area contributed by atoms with Gasteiger partial charge in [0.05, 0.1) is 13.2 Å². The van der Waals surface area contributed by atoms with Gasteiger partial charge in [-0.1, -0.05) is 64.2 Å². The smallest absolute Gasteiger partial charge is 0.330 e. The van der Waals surface area contributed by atoms with Gasteiger partial charge in [-0.25, -0.2) is 4.79 Å². The Morgan fingerprint density at radius 1 is 0.958 bits per heavy atom. The van der Waals surface area contributed by atoms with E-state index in [0.29, 0.717) is 19.6 Å². The molecule has 1 rings (SSSR count). The number of carbonyl (C=O) groups excluding carboxylic acids is 1. The van der Waals surface area contributed by atoms with Crippen LogP contribution in [0.4, 0.5) is 0 Å². The number of ether oxygens (including phenoxy) is 2. The Kier molecular flexibility index (Phi) is 11.5. The van der Waals surface area contributed by atoms with Gasteiger partial charge in [0.25, 0.3) is 0 Å².